The van der Waals surface area contributed by atoms with Gasteiger partial charge >= 0.3 is 0 Å². The standard InChI is InChI=1S/C10H5ClFNS/c11-7-1-2-9-10(6(7)3-4-13)8(12)5-14-9/h1-2,5H,3H2. The minimum Gasteiger partial charge on any atom is -0.205 e. The van der Waals surface area contributed by atoms with Crippen molar-refractivity contribution in [2.75, 3.05) is 0 Å². The number of hydrogen-bond acceptors (Lipinski definition) is 2. The van der Waals surface area contributed by atoms with E-state index in [0.717, 1.165) is 4.70 Å². The summed E-state index contributed by atoms with van der Waals surface area (Å²) < 4.78 is 14.2. The van der Waals surface area contributed by atoms with Gasteiger partial charge < -0.3 is 0 Å². The van der Waals surface area contributed by atoms with E-state index in [1.807, 2.05) is 6.07 Å². The Morgan fingerprint density at radius 2 is 2.29 bits per heavy atom. The molecule has 0 aliphatic rings. The Kier molecular flexibility index (Phi) is 2.40. The summed E-state index contributed by atoms with van der Waals surface area (Å²) in [5.74, 6) is -0.294. The van der Waals surface area contributed by atoms with Crippen LogP contribution >= 0.6 is 22.9 Å². The van der Waals surface area contributed by atoms with E-state index in [4.69, 9.17) is 16.9 Å². The van der Waals surface area contributed by atoms with E-state index in [-0.39, 0.29) is 12.2 Å². The first-order valence-electron chi connectivity index (χ1n) is 3.95. The largest absolute Gasteiger partial charge is 0.205 e. The van der Waals surface area contributed by atoms with Gasteiger partial charge in [0.25, 0.3) is 0 Å². The predicted octanol–water partition coefficient (Wildman–Crippen LogP) is 3.76. The fourth-order valence-electron chi connectivity index (χ4n) is 1.39. The summed E-state index contributed by atoms with van der Waals surface area (Å²) in [5.41, 5.74) is 0.588. The molecule has 0 amide bonds. The summed E-state index contributed by atoms with van der Waals surface area (Å²) in [6.45, 7) is 0. The molecule has 0 aliphatic carbocycles. The average molecular weight is 226 g/mol. The number of thiophene rings is 1. The van der Waals surface area contributed by atoms with Crippen molar-refractivity contribution in [1.29, 1.82) is 5.26 Å². The second-order valence-corrected chi connectivity index (χ2v) is 4.14. The van der Waals surface area contributed by atoms with E-state index in [2.05, 4.69) is 0 Å². The lowest BCUT2D eigenvalue weighted by atomic mass is 10.1. The molecule has 0 bridgehead atoms. The molecule has 70 valence electrons. The van der Waals surface area contributed by atoms with Gasteiger partial charge in [0.2, 0.25) is 0 Å². The molecule has 0 unspecified atom stereocenters. The molecule has 4 heteroatoms. The highest BCUT2D eigenvalue weighted by Crippen LogP contribution is 2.32. The molecule has 1 nitrogen and oxygen atoms in total. The monoisotopic (exact) mass is 225 g/mol. The number of hydrogen-bond donors (Lipinski definition) is 0. The first-order valence-corrected chi connectivity index (χ1v) is 5.21. The first kappa shape index (κ1) is 9.45. The van der Waals surface area contributed by atoms with Crippen molar-refractivity contribution in [3.63, 3.8) is 0 Å². The fourth-order valence-corrected chi connectivity index (χ4v) is 2.44. The smallest absolute Gasteiger partial charge is 0.142 e. The van der Waals surface area contributed by atoms with Gasteiger partial charge in [-0.2, -0.15) is 5.26 Å². The van der Waals surface area contributed by atoms with Crippen LogP contribution in [-0.4, -0.2) is 0 Å². The van der Waals surface area contributed by atoms with Gasteiger partial charge in [-0.05, 0) is 17.7 Å². The Morgan fingerprint density at radius 3 is 3.00 bits per heavy atom. The molecular formula is C10H5ClFNS. The molecular weight excluding hydrogens is 221 g/mol. The molecule has 2 aromatic rings. The van der Waals surface area contributed by atoms with E-state index < -0.39 is 0 Å². The van der Waals surface area contributed by atoms with Crippen LogP contribution in [0.4, 0.5) is 4.39 Å². The van der Waals surface area contributed by atoms with Crippen LogP contribution in [0.1, 0.15) is 5.56 Å². The number of nitriles is 1. The van der Waals surface area contributed by atoms with Crippen LogP contribution in [0, 0.1) is 17.1 Å². The zero-order valence-electron chi connectivity index (χ0n) is 7.05. The van der Waals surface area contributed by atoms with Crippen molar-refractivity contribution in [1.82, 2.24) is 0 Å². The third kappa shape index (κ3) is 1.37. The molecule has 0 spiro atoms. The van der Waals surface area contributed by atoms with Gasteiger partial charge in [-0.3, -0.25) is 0 Å². The molecule has 1 heterocycles. The third-order valence-corrected chi connectivity index (χ3v) is 3.27. The summed E-state index contributed by atoms with van der Waals surface area (Å²) >= 11 is 7.22. The number of benzene rings is 1. The van der Waals surface area contributed by atoms with Crippen LogP contribution in [0.25, 0.3) is 10.1 Å². The maximum atomic E-state index is 13.4. The number of halogens is 2. The molecule has 1 aromatic heterocycles. The van der Waals surface area contributed by atoms with Gasteiger partial charge in [-0.1, -0.05) is 11.6 Å². The zero-order valence-corrected chi connectivity index (χ0v) is 8.62. The van der Waals surface area contributed by atoms with Crippen molar-refractivity contribution in [2.45, 2.75) is 6.42 Å². The Labute approximate surface area is 89.3 Å². The van der Waals surface area contributed by atoms with Crippen molar-refractivity contribution in [2.24, 2.45) is 0 Å². The molecule has 1 aromatic carbocycles. The summed E-state index contributed by atoms with van der Waals surface area (Å²) in [4.78, 5) is 0. The summed E-state index contributed by atoms with van der Waals surface area (Å²) in [7, 11) is 0. The van der Waals surface area contributed by atoms with Crippen molar-refractivity contribution in [3.8, 4) is 6.07 Å². The molecule has 2 rings (SSSR count). The van der Waals surface area contributed by atoms with Gasteiger partial charge in [-0.25, -0.2) is 4.39 Å². The van der Waals surface area contributed by atoms with Crippen LogP contribution in [0.2, 0.25) is 5.02 Å². The van der Waals surface area contributed by atoms with Gasteiger partial charge in [0.1, 0.15) is 5.82 Å². The molecule has 0 fully saturated rings. The molecule has 0 aliphatic heterocycles. The van der Waals surface area contributed by atoms with Gasteiger partial charge in [0, 0.05) is 20.5 Å². The Morgan fingerprint density at radius 1 is 1.50 bits per heavy atom. The lowest BCUT2D eigenvalue weighted by Crippen LogP contribution is -1.86. The second-order valence-electron chi connectivity index (χ2n) is 2.82. The number of fused-ring (bicyclic) bond motifs is 1. The van der Waals surface area contributed by atoms with Crippen LogP contribution in [-0.2, 0) is 6.42 Å². The maximum Gasteiger partial charge on any atom is 0.142 e. The minimum absolute atomic E-state index is 0.143. The molecule has 0 saturated carbocycles. The lowest BCUT2D eigenvalue weighted by molar-refractivity contribution is 0.643. The highest BCUT2D eigenvalue weighted by atomic mass is 35.5. The quantitative estimate of drug-likeness (QED) is 0.725. The fraction of sp³-hybridized carbons (Fsp3) is 0.100. The number of rotatable bonds is 1. The molecule has 0 radical (unpaired) electrons. The third-order valence-electron chi connectivity index (χ3n) is 2.00. The van der Waals surface area contributed by atoms with Crippen LogP contribution in [0.15, 0.2) is 17.5 Å². The summed E-state index contributed by atoms with van der Waals surface area (Å²) in [6.07, 6.45) is 0.143. The average Bonchev–Trinajstić information content (AvgIpc) is 2.53. The zero-order chi connectivity index (χ0) is 10.1. The minimum atomic E-state index is -0.294. The molecule has 0 N–H and O–H groups in total. The Bertz CT molecular complexity index is 527. The van der Waals surface area contributed by atoms with E-state index in [1.54, 1.807) is 12.1 Å². The normalized spacial score (nSPS) is 10.4. The van der Waals surface area contributed by atoms with E-state index in [0.29, 0.717) is 16.0 Å². The molecule has 14 heavy (non-hydrogen) atoms. The second kappa shape index (κ2) is 3.56. The van der Waals surface area contributed by atoms with Crippen molar-refractivity contribution < 1.29 is 4.39 Å². The van der Waals surface area contributed by atoms with Gasteiger partial charge in [-0.15, -0.1) is 11.3 Å². The Hall–Kier alpha value is -1.11. The first-order chi connectivity index (χ1) is 6.74. The predicted molar refractivity (Wildman–Crippen MR) is 56.1 cm³/mol. The number of nitrogens with zero attached hydrogens (tertiary/aromatic N) is 1. The molecule has 0 saturated heterocycles. The van der Waals surface area contributed by atoms with Gasteiger partial charge in [0.15, 0.2) is 0 Å². The highest BCUT2D eigenvalue weighted by Gasteiger charge is 2.11. The highest BCUT2D eigenvalue weighted by molar-refractivity contribution is 7.17. The van der Waals surface area contributed by atoms with E-state index >= 15 is 0 Å². The maximum absolute atomic E-state index is 13.4. The Balaban J connectivity index is 2.81. The van der Waals surface area contributed by atoms with E-state index in [9.17, 15) is 4.39 Å². The lowest BCUT2D eigenvalue weighted by Gasteiger charge is -2.01. The summed E-state index contributed by atoms with van der Waals surface area (Å²) in [6, 6.07) is 5.46. The van der Waals surface area contributed by atoms with Crippen molar-refractivity contribution >= 4 is 33.0 Å². The van der Waals surface area contributed by atoms with Crippen LogP contribution in [0.5, 0.6) is 0 Å². The van der Waals surface area contributed by atoms with Crippen molar-refractivity contribution in [3.05, 3.63) is 33.9 Å². The van der Waals surface area contributed by atoms with Crippen LogP contribution in [0.3, 0.4) is 0 Å². The van der Waals surface area contributed by atoms with Gasteiger partial charge in [0.05, 0.1) is 12.5 Å². The summed E-state index contributed by atoms with van der Waals surface area (Å²) in [5, 5.41) is 11.0. The SMILES string of the molecule is N#CCc1c(Cl)ccc2scc(F)c12. The molecule has 0 atom stereocenters. The van der Waals surface area contributed by atoms with E-state index in [1.165, 1.54) is 16.7 Å². The van der Waals surface area contributed by atoms with Crippen LogP contribution < -0.4 is 0 Å². The topological polar surface area (TPSA) is 23.8 Å².